The Morgan fingerprint density at radius 3 is 2.44 bits per heavy atom. The molecule has 0 bridgehead atoms. The lowest BCUT2D eigenvalue weighted by atomic mass is 10.1. The van der Waals surface area contributed by atoms with Crippen molar-refractivity contribution >= 4 is 18.0 Å². The zero-order valence-corrected chi connectivity index (χ0v) is 19.0. The van der Waals surface area contributed by atoms with Crippen molar-refractivity contribution in [1.82, 2.24) is 19.9 Å². The first kappa shape index (κ1) is 23.2. The fourth-order valence-electron chi connectivity index (χ4n) is 3.37. The molecule has 0 spiro atoms. The predicted molar refractivity (Wildman–Crippen MR) is 113 cm³/mol. The number of methoxy groups -OCH3 is 1. The molecule has 32 heavy (non-hydrogen) atoms. The number of nitrogens with zero attached hydrogens (tertiary/aromatic N) is 4. The summed E-state index contributed by atoms with van der Waals surface area (Å²) in [5, 5.41) is 3.90. The molecule has 0 N–H and O–H groups in total. The third-order valence-corrected chi connectivity index (χ3v) is 4.91. The van der Waals surface area contributed by atoms with E-state index in [4.69, 9.17) is 14.0 Å². The van der Waals surface area contributed by atoms with Gasteiger partial charge in [-0.2, -0.15) is 4.98 Å². The van der Waals surface area contributed by atoms with Gasteiger partial charge in [0.05, 0.1) is 13.5 Å². The molecule has 1 fully saturated rings. The van der Waals surface area contributed by atoms with Crippen LogP contribution in [0, 0.1) is 6.92 Å². The molecule has 172 valence electrons. The molecule has 1 saturated heterocycles. The van der Waals surface area contributed by atoms with Gasteiger partial charge in [-0.25, -0.2) is 4.79 Å². The normalized spacial score (nSPS) is 16.8. The minimum Gasteiger partial charge on any atom is -0.469 e. The highest BCUT2D eigenvalue weighted by Crippen LogP contribution is 2.22. The lowest BCUT2D eigenvalue weighted by Crippen LogP contribution is -2.59. The Morgan fingerprint density at radius 1 is 1.19 bits per heavy atom. The molecule has 1 atom stereocenters. The molecular formula is C22H28N4O6. The van der Waals surface area contributed by atoms with E-state index in [9.17, 15) is 14.4 Å². The second-order valence-electron chi connectivity index (χ2n) is 8.56. The summed E-state index contributed by atoms with van der Waals surface area (Å²) in [6.45, 7) is 7.87. The summed E-state index contributed by atoms with van der Waals surface area (Å²) < 4.78 is 15.2. The molecule has 0 saturated carbocycles. The predicted octanol–water partition coefficient (Wildman–Crippen LogP) is 2.56. The van der Waals surface area contributed by atoms with Crippen molar-refractivity contribution in [2.24, 2.45) is 0 Å². The van der Waals surface area contributed by atoms with Crippen LogP contribution >= 0.6 is 0 Å². The summed E-state index contributed by atoms with van der Waals surface area (Å²) >= 11 is 0. The van der Waals surface area contributed by atoms with Gasteiger partial charge in [0.2, 0.25) is 17.6 Å². The van der Waals surface area contributed by atoms with Gasteiger partial charge in [-0.15, -0.1) is 0 Å². The van der Waals surface area contributed by atoms with E-state index in [0.717, 1.165) is 11.1 Å². The number of carbonyl (C=O) groups excluding carboxylic acids is 3. The third-order valence-electron chi connectivity index (χ3n) is 4.91. The van der Waals surface area contributed by atoms with E-state index in [0.29, 0.717) is 24.8 Å². The van der Waals surface area contributed by atoms with E-state index >= 15 is 0 Å². The lowest BCUT2D eigenvalue weighted by Gasteiger charge is -2.40. The summed E-state index contributed by atoms with van der Waals surface area (Å²) in [7, 11) is 1.25. The molecule has 1 aliphatic rings. The van der Waals surface area contributed by atoms with Crippen LogP contribution in [-0.2, 0) is 25.6 Å². The molecule has 1 aromatic carbocycles. The monoisotopic (exact) mass is 444 g/mol. The molecule has 1 aliphatic heterocycles. The van der Waals surface area contributed by atoms with Gasteiger partial charge >= 0.3 is 12.1 Å². The van der Waals surface area contributed by atoms with Gasteiger partial charge in [0, 0.05) is 32.1 Å². The molecular weight excluding hydrogens is 416 g/mol. The number of benzene rings is 1. The number of amides is 2. The minimum absolute atomic E-state index is 0.235. The number of rotatable bonds is 5. The Labute approximate surface area is 186 Å². The van der Waals surface area contributed by atoms with Crippen LogP contribution in [0.2, 0.25) is 0 Å². The number of aryl methyl sites for hydroxylation is 1. The van der Waals surface area contributed by atoms with E-state index in [1.54, 1.807) is 32.6 Å². The van der Waals surface area contributed by atoms with Crippen molar-refractivity contribution in [3.8, 4) is 11.4 Å². The zero-order valence-electron chi connectivity index (χ0n) is 19.0. The number of esters is 1. The van der Waals surface area contributed by atoms with E-state index in [1.807, 2.05) is 24.3 Å². The molecule has 2 heterocycles. The molecule has 2 aromatic rings. The molecule has 3 rings (SSSR count). The first-order valence-corrected chi connectivity index (χ1v) is 10.3. The highest BCUT2D eigenvalue weighted by molar-refractivity contribution is 5.90. The average Bonchev–Trinajstić information content (AvgIpc) is 3.16. The Hall–Kier alpha value is -3.43. The quantitative estimate of drug-likeness (QED) is 0.646. The second kappa shape index (κ2) is 9.37. The summed E-state index contributed by atoms with van der Waals surface area (Å²) in [6, 6.07) is 6.49. The van der Waals surface area contributed by atoms with Gasteiger partial charge in [0.1, 0.15) is 11.6 Å². The number of hydrogen-bond donors (Lipinski definition) is 0. The summed E-state index contributed by atoms with van der Waals surface area (Å²) in [6.07, 6.45) is -0.861. The third kappa shape index (κ3) is 5.63. The van der Waals surface area contributed by atoms with Crippen LogP contribution in [0.15, 0.2) is 28.8 Å². The zero-order chi connectivity index (χ0) is 23.5. The van der Waals surface area contributed by atoms with Crippen LogP contribution in [0.1, 0.15) is 38.6 Å². The molecule has 1 unspecified atom stereocenters. The van der Waals surface area contributed by atoms with Crippen molar-refractivity contribution in [3.05, 3.63) is 35.7 Å². The number of hydrogen-bond acceptors (Lipinski definition) is 8. The van der Waals surface area contributed by atoms with Gasteiger partial charge in [0.25, 0.3) is 0 Å². The van der Waals surface area contributed by atoms with Crippen molar-refractivity contribution in [2.45, 2.75) is 52.3 Å². The fourth-order valence-corrected chi connectivity index (χ4v) is 3.37. The number of carbonyl (C=O) groups is 3. The second-order valence-corrected chi connectivity index (χ2v) is 8.56. The molecule has 0 aliphatic carbocycles. The first-order chi connectivity index (χ1) is 15.1. The Bertz CT molecular complexity index is 979. The van der Waals surface area contributed by atoms with Crippen LogP contribution in [0.25, 0.3) is 11.4 Å². The van der Waals surface area contributed by atoms with Crippen molar-refractivity contribution < 1.29 is 28.4 Å². The van der Waals surface area contributed by atoms with Gasteiger partial charge < -0.3 is 18.9 Å². The average molecular weight is 444 g/mol. The van der Waals surface area contributed by atoms with Crippen LogP contribution < -0.4 is 0 Å². The van der Waals surface area contributed by atoms with Crippen molar-refractivity contribution in [2.75, 3.05) is 20.2 Å². The molecule has 1 aromatic heterocycles. The van der Waals surface area contributed by atoms with Crippen LogP contribution in [0.4, 0.5) is 4.79 Å². The fraction of sp³-hybridized carbons (Fsp3) is 0.500. The Kier molecular flexibility index (Phi) is 6.81. The van der Waals surface area contributed by atoms with Crippen LogP contribution in [0.3, 0.4) is 0 Å². The SMILES string of the molecule is COC(=O)CC1C(=O)N(Cc2ccc(-c3noc(C)n3)cc2)CCN1C(=O)OC(C)(C)C. The van der Waals surface area contributed by atoms with Gasteiger partial charge in [-0.3, -0.25) is 14.5 Å². The lowest BCUT2D eigenvalue weighted by molar-refractivity contribution is -0.150. The number of piperazine rings is 1. The standard InChI is InChI=1S/C22H28N4O6/c1-14-23-19(24-32-14)16-8-6-15(7-9-16)13-25-10-11-26(21(29)31-22(2,3)4)17(20(25)28)12-18(27)30-5/h6-9,17H,10-13H2,1-5H3. The van der Waals surface area contributed by atoms with Crippen molar-refractivity contribution in [3.63, 3.8) is 0 Å². The maximum absolute atomic E-state index is 13.2. The van der Waals surface area contributed by atoms with Crippen LogP contribution in [-0.4, -0.2) is 69.8 Å². The molecule has 2 amide bonds. The Morgan fingerprint density at radius 2 is 1.88 bits per heavy atom. The maximum atomic E-state index is 13.2. The highest BCUT2D eigenvalue weighted by atomic mass is 16.6. The van der Waals surface area contributed by atoms with Gasteiger partial charge in [-0.05, 0) is 26.3 Å². The number of aromatic nitrogens is 2. The summed E-state index contributed by atoms with van der Waals surface area (Å²) in [5.41, 5.74) is 0.978. The number of ether oxygens (including phenoxy) is 2. The van der Waals surface area contributed by atoms with Crippen LogP contribution in [0.5, 0.6) is 0 Å². The van der Waals surface area contributed by atoms with E-state index in [1.165, 1.54) is 12.0 Å². The molecule has 10 nitrogen and oxygen atoms in total. The topological polar surface area (TPSA) is 115 Å². The van der Waals surface area contributed by atoms with E-state index < -0.39 is 23.7 Å². The summed E-state index contributed by atoms with van der Waals surface area (Å²) in [4.78, 5) is 44.9. The molecule has 10 heteroatoms. The minimum atomic E-state index is -0.979. The van der Waals surface area contributed by atoms with Crippen molar-refractivity contribution in [1.29, 1.82) is 0 Å². The largest absolute Gasteiger partial charge is 0.469 e. The Balaban J connectivity index is 1.73. The van der Waals surface area contributed by atoms with E-state index in [2.05, 4.69) is 10.1 Å². The maximum Gasteiger partial charge on any atom is 0.411 e. The summed E-state index contributed by atoms with van der Waals surface area (Å²) in [5.74, 6) is 0.0762. The van der Waals surface area contributed by atoms with E-state index in [-0.39, 0.29) is 18.9 Å². The van der Waals surface area contributed by atoms with Gasteiger partial charge in [0.15, 0.2) is 0 Å². The highest BCUT2D eigenvalue weighted by Gasteiger charge is 2.40. The molecule has 0 radical (unpaired) electrons. The smallest absolute Gasteiger partial charge is 0.411 e. The van der Waals surface area contributed by atoms with Gasteiger partial charge in [-0.1, -0.05) is 29.4 Å². The first-order valence-electron chi connectivity index (χ1n) is 10.3.